The van der Waals surface area contributed by atoms with Gasteiger partial charge in [-0.05, 0) is 12.8 Å². The van der Waals surface area contributed by atoms with Gasteiger partial charge < -0.3 is 4.74 Å². The molecule has 0 atom stereocenters. The quantitative estimate of drug-likeness (QED) is 0.516. The maximum atomic E-state index is 11.7. The second-order valence-corrected chi connectivity index (χ2v) is 2.70. The molecule has 82 valence electrons. The van der Waals surface area contributed by atoms with Crippen LogP contribution >= 0.6 is 0 Å². The lowest BCUT2D eigenvalue weighted by atomic mass is 10.1. The molecule has 0 unspecified atom stereocenters. The third-order valence-corrected chi connectivity index (χ3v) is 1.58. The topological polar surface area (TPSA) is 43.4 Å². The number of hydrogen-bond acceptors (Lipinski definition) is 3. The highest BCUT2D eigenvalue weighted by molar-refractivity contribution is 5.83. The van der Waals surface area contributed by atoms with Crippen LogP contribution in [-0.2, 0) is 14.3 Å². The van der Waals surface area contributed by atoms with Gasteiger partial charge in [-0.25, -0.2) is 0 Å². The van der Waals surface area contributed by atoms with Crippen LogP contribution in [-0.4, -0.2) is 25.0 Å². The second-order valence-electron chi connectivity index (χ2n) is 2.70. The molecule has 0 heterocycles. The summed E-state index contributed by atoms with van der Waals surface area (Å²) >= 11 is 0. The molecule has 0 aliphatic rings. The standard InChI is InChI=1S/C8H11F3O3/c1-14-7(13)5-3-2-4-6(12)8(9,10)11/h2-5H2,1H3. The predicted octanol–water partition coefficient (Wildman–Crippen LogP) is 1.85. The molecule has 14 heavy (non-hydrogen) atoms. The van der Waals surface area contributed by atoms with Crippen LogP contribution in [0.25, 0.3) is 0 Å². The van der Waals surface area contributed by atoms with E-state index in [4.69, 9.17) is 0 Å². The minimum Gasteiger partial charge on any atom is -0.469 e. The summed E-state index contributed by atoms with van der Waals surface area (Å²) in [6.07, 6.45) is -5.00. The Kier molecular flexibility index (Phi) is 5.19. The Morgan fingerprint density at radius 1 is 1.14 bits per heavy atom. The smallest absolute Gasteiger partial charge is 0.449 e. The van der Waals surface area contributed by atoms with E-state index in [1.807, 2.05) is 0 Å². The summed E-state index contributed by atoms with van der Waals surface area (Å²) in [4.78, 5) is 20.9. The molecule has 0 radical (unpaired) electrons. The van der Waals surface area contributed by atoms with E-state index in [-0.39, 0.29) is 19.3 Å². The zero-order chi connectivity index (χ0) is 11.2. The van der Waals surface area contributed by atoms with Crippen molar-refractivity contribution in [2.45, 2.75) is 31.9 Å². The third kappa shape index (κ3) is 5.55. The number of alkyl halides is 3. The van der Waals surface area contributed by atoms with Crippen molar-refractivity contribution in [1.82, 2.24) is 0 Å². The number of rotatable bonds is 5. The highest BCUT2D eigenvalue weighted by Crippen LogP contribution is 2.19. The average Bonchev–Trinajstić information content (AvgIpc) is 2.09. The zero-order valence-electron chi connectivity index (χ0n) is 7.69. The van der Waals surface area contributed by atoms with Gasteiger partial charge in [0, 0.05) is 12.8 Å². The molecule has 0 fully saturated rings. The molecule has 0 saturated heterocycles. The highest BCUT2D eigenvalue weighted by atomic mass is 19.4. The molecule has 0 N–H and O–H groups in total. The molecular weight excluding hydrogens is 201 g/mol. The molecule has 0 amide bonds. The number of carbonyl (C=O) groups is 2. The number of hydrogen-bond donors (Lipinski definition) is 0. The predicted molar refractivity (Wildman–Crippen MR) is 41.5 cm³/mol. The molecule has 0 aromatic heterocycles. The summed E-state index contributed by atoms with van der Waals surface area (Å²) in [5, 5.41) is 0. The first-order valence-electron chi connectivity index (χ1n) is 4.04. The molecule has 0 spiro atoms. The first-order valence-corrected chi connectivity index (χ1v) is 4.04. The number of ether oxygens (including phenoxy) is 1. The van der Waals surface area contributed by atoms with E-state index in [1.165, 1.54) is 7.11 Å². The summed E-state index contributed by atoms with van der Waals surface area (Å²) in [6.45, 7) is 0. The number of methoxy groups -OCH3 is 1. The maximum Gasteiger partial charge on any atom is 0.449 e. The van der Waals surface area contributed by atoms with Crippen molar-refractivity contribution >= 4 is 11.8 Å². The van der Waals surface area contributed by atoms with Gasteiger partial charge in [0.15, 0.2) is 0 Å². The van der Waals surface area contributed by atoms with E-state index < -0.39 is 24.3 Å². The molecule has 6 heteroatoms. The lowest BCUT2D eigenvalue weighted by Crippen LogP contribution is -2.22. The molecule has 3 nitrogen and oxygen atoms in total. The largest absolute Gasteiger partial charge is 0.469 e. The van der Waals surface area contributed by atoms with E-state index in [9.17, 15) is 22.8 Å². The summed E-state index contributed by atoms with van der Waals surface area (Å²) in [7, 11) is 1.20. The molecular formula is C8H11F3O3. The monoisotopic (exact) mass is 212 g/mol. The number of Topliss-reactive ketones (excluding diaryl/α,β-unsaturated/α-hetero) is 1. The van der Waals surface area contributed by atoms with E-state index >= 15 is 0 Å². The van der Waals surface area contributed by atoms with Gasteiger partial charge in [-0.15, -0.1) is 0 Å². The van der Waals surface area contributed by atoms with Crippen molar-refractivity contribution in [3.63, 3.8) is 0 Å². The lowest BCUT2D eigenvalue weighted by molar-refractivity contribution is -0.171. The van der Waals surface area contributed by atoms with Crippen molar-refractivity contribution in [3.8, 4) is 0 Å². The van der Waals surface area contributed by atoms with Crippen molar-refractivity contribution in [2.75, 3.05) is 7.11 Å². The Hall–Kier alpha value is -1.07. The molecule has 0 aliphatic heterocycles. The van der Waals surface area contributed by atoms with Gasteiger partial charge in [-0.3, -0.25) is 9.59 Å². The van der Waals surface area contributed by atoms with Crippen LogP contribution in [0, 0.1) is 0 Å². The SMILES string of the molecule is COC(=O)CCCCC(=O)C(F)(F)F. The van der Waals surface area contributed by atoms with E-state index in [2.05, 4.69) is 4.74 Å². The van der Waals surface area contributed by atoms with Crippen LogP contribution in [0.3, 0.4) is 0 Å². The Bertz CT molecular complexity index is 210. The van der Waals surface area contributed by atoms with Crippen molar-refractivity contribution in [3.05, 3.63) is 0 Å². The summed E-state index contributed by atoms with van der Waals surface area (Å²) in [6, 6.07) is 0. The molecule has 0 rings (SSSR count). The molecule has 0 aromatic carbocycles. The Morgan fingerprint density at radius 3 is 2.07 bits per heavy atom. The van der Waals surface area contributed by atoms with Crippen molar-refractivity contribution in [2.24, 2.45) is 0 Å². The maximum absolute atomic E-state index is 11.7. The van der Waals surface area contributed by atoms with Gasteiger partial charge >= 0.3 is 12.1 Å². The van der Waals surface area contributed by atoms with E-state index in [0.29, 0.717) is 0 Å². The van der Waals surface area contributed by atoms with Crippen LogP contribution < -0.4 is 0 Å². The summed E-state index contributed by atoms with van der Waals surface area (Å²) in [5.41, 5.74) is 0. The highest BCUT2D eigenvalue weighted by Gasteiger charge is 2.37. The van der Waals surface area contributed by atoms with Crippen LogP contribution in [0.5, 0.6) is 0 Å². The van der Waals surface area contributed by atoms with Crippen molar-refractivity contribution < 1.29 is 27.5 Å². The van der Waals surface area contributed by atoms with Gasteiger partial charge in [0.25, 0.3) is 0 Å². The molecule has 0 saturated carbocycles. The van der Waals surface area contributed by atoms with Gasteiger partial charge in [0.05, 0.1) is 7.11 Å². The van der Waals surface area contributed by atoms with Gasteiger partial charge in [0.2, 0.25) is 5.78 Å². The average molecular weight is 212 g/mol. The number of unbranched alkanes of at least 4 members (excludes halogenated alkanes) is 1. The van der Waals surface area contributed by atoms with Crippen molar-refractivity contribution in [1.29, 1.82) is 0 Å². The van der Waals surface area contributed by atoms with Crippen LogP contribution in [0.2, 0.25) is 0 Å². The van der Waals surface area contributed by atoms with Crippen LogP contribution in [0.1, 0.15) is 25.7 Å². The fourth-order valence-electron chi connectivity index (χ4n) is 0.799. The van der Waals surface area contributed by atoms with E-state index in [0.717, 1.165) is 0 Å². The normalized spacial score (nSPS) is 11.1. The second kappa shape index (κ2) is 5.62. The van der Waals surface area contributed by atoms with Gasteiger partial charge in [-0.1, -0.05) is 0 Å². The third-order valence-electron chi connectivity index (χ3n) is 1.58. The fourth-order valence-corrected chi connectivity index (χ4v) is 0.799. The molecule has 0 bridgehead atoms. The Morgan fingerprint density at radius 2 is 1.64 bits per heavy atom. The summed E-state index contributed by atoms with van der Waals surface area (Å²) < 4.78 is 39.3. The first kappa shape index (κ1) is 12.9. The van der Waals surface area contributed by atoms with E-state index in [1.54, 1.807) is 0 Å². The Balaban J connectivity index is 3.56. The van der Waals surface area contributed by atoms with Crippen LogP contribution in [0.4, 0.5) is 13.2 Å². The zero-order valence-corrected chi connectivity index (χ0v) is 7.69. The summed E-state index contributed by atoms with van der Waals surface area (Å²) in [5.74, 6) is -2.23. The molecule has 0 aliphatic carbocycles. The minimum absolute atomic E-state index is 0.0433. The Labute approximate surface area is 79.2 Å². The van der Waals surface area contributed by atoms with Gasteiger partial charge in [-0.2, -0.15) is 13.2 Å². The lowest BCUT2D eigenvalue weighted by Gasteiger charge is -2.03. The first-order chi connectivity index (χ1) is 6.38. The number of halogens is 3. The number of ketones is 1. The molecule has 0 aromatic rings. The van der Waals surface area contributed by atoms with Gasteiger partial charge in [0.1, 0.15) is 0 Å². The van der Waals surface area contributed by atoms with Crippen LogP contribution in [0.15, 0.2) is 0 Å². The number of carbonyl (C=O) groups excluding carboxylic acids is 2. The fraction of sp³-hybridized carbons (Fsp3) is 0.750. The number of esters is 1. The minimum atomic E-state index is -4.76.